The number of nitrogens with one attached hydrogen (secondary N) is 2. The van der Waals surface area contributed by atoms with Crippen molar-refractivity contribution in [3.63, 3.8) is 0 Å². The van der Waals surface area contributed by atoms with Crippen LogP contribution < -0.4 is 11.1 Å². The number of carbonyl (C=O) groups excluding carboxylic acids is 2. The first-order valence-corrected chi connectivity index (χ1v) is 8.37. The number of rotatable bonds is 8. The van der Waals surface area contributed by atoms with Crippen molar-refractivity contribution in [2.45, 2.75) is 19.3 Å². The molecule has 1 amide bonds. The Morgan fingerprint density at radius 3 is 2.04 bits per heavy atom. The predicted molar refractivity (Wildman–Crippen MR) is 100 cm³/mol. The van der Waals surface area contributed by atoms with E-state index in [1.165, 1.54) is 7.11 Å². The van der Waals surface area contributed by atoms with Crippen LogP contribution in [-0.4, -0.2) is 31.4 Å². The molecule has 6 nitrogen and oxygen atoms in total. The van der Waals surface area contributed by atoms with Crippen LogP contribution in [-0.2, 0) is 22.4 Å². The second-order valence-electron chi connectivity index (χ2n) is 5.89. The van der Waals surface area contributed by atoms with E-state index in [-0.39, 0.29) is 17.7 Å². The lowest BCUT2D eigenvalue weighted by Gasteiger charge is -2.07. The van der Waals surface area contributed by atoms with Gasteiger partial charge in [-0.3, -0.25) is 15.0 Å². The Morgan fingerprint density at radius 2 is 1.50 bits per heavy atom. The van der Waals surface area contributed by atoms with Crippen molar-refractivity contribution in [3.05, 3.63) is 70.8 Å². The van der Waals surface area contributed by atoms with Gasteiger partial charge in [0, 0.05) is 24.1 Å². The zero-order valence-corrected chi connectivity index (χ0v) is 14.7. The SMILES string of the molecule is COC(=O)CCc1ccc(CCNC(=O)c2ccc(C(=N)N)cc2)cc1. The first-order chi connectivity index (χ1) is 12.5. The fourth-order valence-corrected chi connectivity index (χ4v) is 2.44. The lowest BCUT2D eigenvalue weighted by molar-refractivity contribution is -0.140. The van der Waals surface area contributed by atoms with Crippen LogP contribution in [0.25, 0.3) is 0 Å². The van der Waals surface area contributed by atoms with E-state index in [9.17, 15) is 9.59 Å². The van der Waals surface area contributed by atoms with Crippen molar-refractivity contribution in [2.24, 2.45) is 5.73 Å². The summed E-state index contributed by atoms with van der Waals surface area (Å²) in [6.07, 6.45) is 1.74. The molecular formula is C20H23N3O3. The molecule has 6 heteroatoms. The minimum absolute atomic E-state index is 0.0213. The average Bonchev–Trinajstić information content (AvgIpc) is 2.67. The molecule has 0 aliphatic rings. The maximum atomic E-state index is 12.1. The van der Waals surface area contributed by atoms with Crippen LogP contribution in [0.3, 0.4) is 0 Å². The number of nitrogen functional groups attached to an aromatic ring is 1. The van der Waals surface area contributed by atoms with Gasteiger partial charge < -0.3 is 15.8 Å². The largest absolute Gasteiger partial charge is 0.469 e. The highest BCUT2D eigenvalue weighted by Crippen LogP contribution is 2.08. The summed E-state index contributed by atoms with van der Waals surface area (Å²) >= 11 is 0. The molecule has 0 atom stereocenters. The molecule has 26 heavy (non-hydrogen) atoms. The van der Waals surface area contributed by atoms with Gasteiger partial charge in [0.2, 0.25) is 0 Å². The normalized spacial score (nSPS) is 10.2. The van der Waals surface area contributed by atoms with E-state index >= 15 is 0 Å². The van der Waals surface area contributed by atoms with Crippen LogP contribution in [0.5, 0.6) is 0 Å². The van der Waals surface area contributed by atoms with Crippen LogP contribution in [0.4, 0.5) is 0 Å². The number of amides is 1. The van der Waals surface area contributed by atoms with Crippen LogP contribution in [0.1, 0.15) is 33.5 Å². The minimum Gasteiger partial charge on any atom is -0.469 e. The van der Waals surface area contributed by atoms with Crippen LogP contribution in [0.2, 0.25) is 0 Å². The van der Waals surface area contributed by atoms with Gasteiger partial charge in [0.15, 0.2) is 0 Å². The Morgan fingerprint density at radius 1 is 0.962 bits per heavy atom. The van der Waals surface area contributed by atoms with E-state index in [4.69, 9.17) is 11.1 Å². The summed E-state index contributed by atoms with van der Waals surface area (Å²) in [6.45, 7) is 0.523. The molecular weight excluding hydrogens is 330 g/mol. The number of benzene rings is 2. The molecule has 2 aromatic rings. The van der Waals surface area contributed by atoms with Gasteiger partial charge in [-0.15, -0.1) is 0 Å². The zero-order chi connectivity index (χ0) is 18.9. The maximum absolute atomic E-state index is 12.1. The second kappa shape index (κ2) is 9.36. The van der Waals surface area contributed by atoms with E-state index in [0.717, 1.165) is 11.1 Å². The Bertz CT molecular complexity index is 768. The standard InChI is InChI=1S/C20H23N3O3/c1-26-18(24)11-6-14-2-4-15(5-3-14)12-13-23-20(25)17-9-7-16(8-10-17)19(21)22/h2-5,7-10H,6,11-13H2,1H3,(H3,21,22)(H,23,25). The van der Waals surface area contributed by atoms with Crippen LogP contribution >= 0.6 is 0 Å². The van der Waals surface area contributed by atoms with Gasteiger partial charge in [-0.2, -0.15) is 0 Å². The quantitative estimate of drug-likeness (QED) is 0.384. The number of amidine groups is 1. The summed E-state index contributed by atoms with van der Waals surface area (Å²) in [5.74, 6) is -0.394. The third-order valence-electron chi connectivity index (χ3n) is 4.03. The number of methoxy groups -OCH3 is 1. The van der Waals surface area contributed by atoms with E-state index < -0.39 is 0 Å². The van der Waals surface area contributed by atoms with E-state index in [2.05, 4.69) is 10.1 Å². The van der Waals surface area contributed by atoms with E-state index in [1.807, 2.05) is 24.3 Å². The summed E-state index contributed by atoms with van der Waals surface area (Å²) in [5, 5.41) is 10.2. The summed E-state index contributed by atoms with van der Waals surface area (Å²) in [6, 6.07) is 14.6. The Hall–Kier alpha value is -3.15. The van der Waals surface area contributed by atoms with Gasteiger partial charge in [0.25, 0.3) is 5.91 Å². The molecule has 0 saturated carbocycles. The molecule has 0 unspecified atom stereocenters. The molecule has 0 heterocycles. The summed E-state index contributed by atoms with van der Waals surface area (Å²) in [4.78, 5) is 23.3. The van der Waals surface area contributed by atoms with Gasteiger partial charge in [-0.05, 0) is 36.1 Å². The van der Waals surface area contributed by atoms with Crippen molar-refractivity contribution in [3.8, 4) is 0 Å². The lowest BCUT2D eigenvalue weighted by atomic mass is 10.1. The highest BCUT2D eigenvalue weighted by Gasteiger charge is 2.06. The molecule has 0 fully saturated rings. The number of esters is 1. The molecule has 0 aromatic heterocycles. The van der Waals surface area contributed by atoms with Gasteiger partial charge in [0.05, 0.1) is 7.11 Å². The van der Waals surface area contributed by atoms with Gasteiger partial charge >= 0.3 is 5.97 Å². The molecule has 136 valence electrons. The van der Waals surface area contributed by atoms with Crippen molar-refractivity contribution < 1.29 is 14.3 Å². The van der Waals surface area contributed by atoms with Gasteiger partial charge in [-0.1, -0.05) is 36.4 Å². The monoisotopic (exact) mass is 353 g/mol. The van der Waals surface area contributed by atoms with Crippen molar-refractivity contribution in [2.75, 3.05) is 13.7 Å². The highest BCUT2D eigenvalue weighted by molar-refractivity contribution is 5.98. The second-order valence-corrected chi connectivity index (χ2v) is 5.89. The number of aryl methyl sites for hydroxylation is 1. The Balaban J connectivity index is 1.79. The van der Waals surface area contributed by atoms with Crippen molar-refractivity contribution >= 4 is 17.7 Å². The third kappa shape index (κ3) is 5.73. The van der Waals surface area contributed by atoms with Gasteiger partial charge in [-0.25, -0.2) is 0 Å². The molecule has 0 radical (unpaired) electrons. The van der Waals surface area contributed by atoms with E-state index in [0.29, 0.717) is 36.9 Å². The van der Waals surface area contributed by atoms with Crippen LogP contribution in [0, 0.1) is 5.41 Å². The molecule has 2 rings (SSSR count). The number of carbonyl (C=O) groups is 2. The average molecular weight is 353 g/mol. The molecule has 4 N–H and O–H groups in total. The summed E-state index contributed by atoms with van der Waals surface area (Å²) in [7, 11) is 1.39. The highest BCUT2D eigenvalue weighted by atomic mass is 16.5. The Labute approximate surface area is 152 Å². The molecule has 0 saturated heterocycles. The zero-order valence-electron chi connectivity index (χ0n) is 14.7. The van der Waals surface area contributed by atoms with Gasteiger partial charge in [0.1, 0.15) is 5.84 Å². The first-order valence-electron chi connectivity index (χ1n) is 8.37. The fraction of sp³-hybridized carbons (Fsp3) is 0.250. The lowest BCUT2D eigenvalue weighted by Crippen LogP contribution is -2.25. The van der Waals surface area contributed by atoms with E-state index in [1.54, 1.807) is 24.3 Å². The summed E-state index contributed by atoms with van der Waals surface area (Å²) < 4.78 is 4.63. The number of hydrogen-bond acceptors (Lipinski definition) is 4. The smallest absolute Gasteiger partial charge is 0.305 e. The van der Waals surface area contributed by atoms with Crippen molar-refractivity contribution in [1.29, 1.82) is 5.41 Å². The predicted octanol–water partition coefficient (Wildman–Crippen LogP) is 2.05. The maximum Gasteiger partial charge on any atom is 0.305 e. The third-order valence-corrected chi connectivity index (χ3v) is 4.03. The number of ether oxygens (including phenoxy) is 1. The van der Waals surface area contributed by atoms with Crippen LogP contribution in [0.15, 0.2) is 48.5 Å². The molecule has 2 aromatic carbocycles. The molecule has 0 bridgehead atoms. The van der Waals surface area contributed by atoms with Crippen molar-refractivity contribution in [1.82, 2.24) is 5.32 Å². The fourth-order valence-electron chi connectivity index (χ4n) is 2.44. The molecule has 0 spiro atoms. The molecule has 0 aliphatic carbocycles. The first kappa shape index (κ1) is 19.2. The topological polar surface area (TPSA) is 105 Å². The molecule has 0 aliphatic heterocycles. The number of hydrogen-bond donors (Lipinski definition) is 3. The Kier molecular flexibility index (Phi) is 6.91. The minimum atomic E-state index is -0.215. The number of nitrogens with two attached hydrogens (primary N) is 1. The summed E-state index contributed by atoms with van der Waals surface area (Å²) in [5.41, 5.74) is 8.71.